The standard InChI is InChI=1S/C20H20N2O/c1-14-10-15(2)12-17(11-14)22-20(23)13-21-19-9-5-7-16-6-3-4-8-18(16)19/h3-12,21H,13H2,1-2H3,(H,22,23). The number of carbonyl (C=O) groups excluding carboxylic acids is 1. The van der Waals surface area contributed by atoms with Gasteiger partial charge in [-0.3, -0.25) is 4.79 Å². The Morgan fingerprint density at radius 1 is 0.913 bits per heavy atom. The maximum absolute atomic E-state index is 12.2. The predicted molar refractivity (Wildman–Crippen MR) is 97.0 cm³/mol. The molecule has 3 aromatic rings. The number of hydrogen-bond acceptors (Lipinski definition) is 2. The van der Waals surface area contributed by atoms with E-state index in [1.807, 2.05) is 50.2 Å². The fourth-order valence-electron chi connectivity index (χ4n) is 2.81. The van der Waals surface area contributed by atoms with E-state index in [1.165, 1.54) is 0 Å². The van der Waals surface area contributed by atoms with Crippen LogP contribution in [0.1, 0.15) is 11.1 Å². The highest BCUT2D eigenvalue weighted by Crippen LogP contribution is 2.22. The molecule has 116 valence electrons. The number of aryl methyl sites for hydroxylation is 2. The molecule has 3 aromatic carbocycles. The van der Waals surface area contributed by atoms with Gasteiger partial charge in [-0.05, 0) is 48.6 Å². The number of amides is 1. The van der Waals surface area contributed by atoms with Crippen molar-refractivity contribution in [3.63, 3.8) is 0 Å². The Hall–Kier alpha value is -2.81. The molecule has 3 nitrogen and oxygen atoms in total. The number of rotatable bonds is 4. The van der Waals surface area contributed by atoms with Crippen LogP contribution in [-0.2, 0) is 4.79 Å². The molecule has 0 radical (unpaired) electrons. The molecule has 2 N–H and O–H groups in total. The first-order valence-corrected chi connectivity index (χ1v) is 7.71. The minimum atomic E-state index is -0.0528. The van der Waals surface area contributed by atoms with Gasteiger partial charge in [0.15, 0.2) is 0 Å². The van der Waals surface area contributed by atoms with E-state index in [0.717, 1.165) is 33.3 Å². The number of benzene rings is 3. The number of nitrogens with one attached hydrogen (secondary N) is 2. The van der Waals surface area contributed by atoms with Crippen molar-refractivity contribution in [3.8, 4) is 0 Å². The molecule has 0 aliphatic rings. The van der Waals surface area contributed by atoms with Crippen LogP contribution in [-0.4, -0.2) is 12.5 Å². The van der Waals surface area contributed by atoms with E-state index in [2.05, 4.69) is 34.9 Å². The third-order valence-corrected chi connectivity index (χ3v) is 3.73. The number of hydrogen-bond donors (Lipinski definition) is 2. The largest absolute Gasteiger partial charge is 0.376 e. The molecule has 0 bridgehead atoms. The second-order valence-electron chi connectivity index (χ2n) is 5.80. The zero-order chi connectivity index (χ0) is 16.2. The van der Waals surface area contributed by atoms with Crippen molar-refractivity contribution in [2.24, 2.45) is 0 Å². The molecule has 23 heavy (non-hydrogen) atoms. The summed E-state index contributed by atoms with van der Waals surface area (Å²) in [6.07, 6.45) is 0. The van der Waals surface area contributed by atoms with E-state index in [0.29, 0.717) is 0 Å². The summed E-state index contributed by atoms with van der Waals surface area (Å²) in [5, 5.41) is 8.44. The van der Waals surface area contributed by atoms with Gasteiger partial charge in [0.05, 0.1) is 6.54 Å². The highest BCUT2D eigenvalue weighted by molar-refractivity contribution is 5.98. The molecular weight excluding hydrogens is 284 g/mol. The van der Waals surface area contributed by atoms with Crippen LogP contribution < -0.4 is 10.6 Å². The molecule has 0 aliphatic heterocycles. The average molecular weight is 304 g/mol. The van der Waals surface area contributed by atoms with Gasteiger partial charge in [-0.2, -0.15) is 0 Å². The first-order valence-electron chi connectivity index (χ1n) is 7.71. The Balaban J connectivity index is 1.68. The van der Waals surface area contributed by atoms with Crippen molar-refractivity contribution >= 4 is 28.1 Å². The van der Waals surface area contributed by atoms with Crippen LogP contribution in [0, 0.1) is 13.8 Å². The molecule has 0 atom stereocenters. The van der Waals surface area contributed by atoms with Gasteiger partial charge in [-0.1, -0.05) is 42.5 Å². The lowest BCUT2D eigenvalue weighted by Gasteiger charge is -2.11. The molecule has 0 heterocycles. The Morgan fingerprint density at radius 3 is 2.39 bits per heavy atom. The fraction of sp³-hybridized carbons (Fsp3) is 0.150. The van der Waals surface area contributed by atoms with Gasteiger partial charge in [0.25, 0.3) is 0 Å². The summed E-state index contributed by atoms with van der Waals surface area (Å²) < 4.78 is 0. The molecule has 0 unspecified atom stereocenters. The quantitative estimate of drug-likeness (QED) is 0.744. The first kappa shape index (κ1) is 15.1. The lowest BCUT2D eigenvalue weighted by atomic mass is 10.1. The maximum atomic E-state index is 12.2. The van der Waals surface area contributed by atoms with Crippen LogP contribution in [0.4, 0.5) is 11.4 Å². The molecule has 0 fully saturated rings. The molecule has 3 rings (SSSR count). The number of fused-ring (bicyclic) bond motifs is 1. The molecular formula is C20H20N2O. The van der Waals surface area contributed by atoms with Gasteiger partial charge in [-0.15, -0.1) is 0 Å². The Morgan fingerprint density at radius 2 is 1.61 bits per heavy atom. The van der Waals surface area contributed by atoms with Crippen molar-refractivity contribution in [1.82, 2.24) is 0 Å². The normalized spacial score (nSPS) is 10.5. The minimum absolute atomic E-state index is 0.0528. The van der Waals surface area contributed by atoms with Crippen LogP contribution in [0.5, 0.6) is 0 Å². The third-order valence-electron chi connectivity index (χ3n) is 3.73. The molecule has 0 spiro atoms. The summed E-state index contributed by atoms with van der Waals surface area (Å²) in [5.41, 5.74) is 4.09. The van der Waals surface area contributed by atoms with Gasteiger partial charge >= 0.3 is 0 Å². The SMILES string of the molecule is Cc1cc(C)cc(NC(=O)CNc2cccc3ccccc23)c1. The number of anilines is 2. The minimum Gasteiger partial charge on any atom is -0.376 e. The second-order valence-corrected chi connectivity index (χ2v) is 5.80. The molecule has 0 aromatic heterocycles. The van der Waals surface area contributed by atoms with E-state index >= 15 is 0 Å². The Labute approximate surface area is 136 Å². The zero-order valence-corrected chi connectivity index (χ0v) is 13.4. The van der Waals surface area contributed by atoms with Crippen molar-refractivity contribution in [1.29, 1.82) is 0 Å². The van der Waals surface area contributed by atoms with Crippen LogP contribution in [0.2, 0.25) is 0 Å². The molecule has 3 heteroatoms. The summed E-state index contributed by atoms with van der Waals surface area (Å²) in [4.78, 5) is 12.2. The lowest BCUT2D eigenvalue weighted by molar-refractivity contribution is -0.114. The Kier molecular flexibility index (Phi) is 4.29. The third kappa shape index (κ3) is 3.69. The van der Waals surface area contributed by atoms with Gasteiger partial charge in [0.2, 0.25) is 5.91 Å². The van der Waals surface area contributed by atoms with Gasteiger partial charge in [0.1, 0.15) is 0 Å². The summed E-state index contributed by atoms with van der Waals surface area (Å²) in [7, 11) is 0. The first-order chi connectivity index (χ1) is 11.1. The lowest BCUT2D eigenvalue weighted by Crippen LogP contribution is -2.21. The van der Waals surface area contributed by atoms with Crippen LogP contribution in [0.3, 0.4) is 0 Å². The van der Waals surface area contributed by atoms with Crippen molar-refractivity contribution < 1.29 is 4.79 Å². The molecule has 0 aliphatic carbocycles. The summed E-state index contributed by atoms with van der Waals surface area (Å²) in [5.74, 6) is -0.0528. The molecule has 1 amide bonds. The van der Waals surface area contributed by atoms with Crippen molar-refractivity contribution in [2.75, 3.05) is 17.2 Å². The smallest absolute Gasteiger partial charge is 0.243 e. The van der Waals surface area contributed by atoms with Gasteiger partial charge in [-0.25, -0.2) is 0 Å². The predicted octanol–water partition coefficient (Wildman–Crippen LogP) is 4.51. The number of carbonyl (C=O) groups is 1. The highest BCUT2D eigenvalue weighted by atomic mass is 16.1. The summed E-state index contributed by atoms with van der Waals surface area (Å²) >= 11 is 0. The maximum Gasteiger partial charge on any atom is 0.243 e. The molecule has 0 saturated carbocycles. The zero-order valence-electron chi connectivity index (χ0n) is 13.4. The van der Waals surface area contributed by atoms with E-state index in [9.17, 15) is 4.79 Å². The molecule has 0 saturated heterocycles. The van der Waals surface area contributed by atoms with E-state index in [-0.39, 0.29) is 12.5 Å². The Bertz CT molecular complexity index is 830. The summed E-state index contributed by atoms with van der Waals surface area (Å²) in [6, 6.07) is 20.2. The van der Waals surface area contributed by atoms with Gasteiger partial charge in [0, 0.05) is 16.8 Å². The van der Waals surface area contributed by atoms with Crippen LogP contribution >= 0.6 is 0 Å². The van der Waals surface area contributed by atoms with E-state index in [1.54, 1.807) is 0 Å². The topological polar surface area (TPSA) is 41.1 Å². The monoisotopic (exact) mass is 304 g/mol. The fourth-order valence-corrected chi connectivity index (χ4v) is 2.81. The van der Waals surface area contributed by atoms with Crippen molar-refractivity contribution in [3.05, 3.63) is 71.8 Å². The van der Waals surface area contributed by atoms with Crippen molar-refractivity contribution in [2.45, 2.75) is 13.8 Å². The average Bonchev–Trinajstić information content (AvgIpc) is 2.52. The van der Waals surface area contributed by atoms with Crippen LogP contribution in [0.25, 0.3) is 10.8 Å². The second kappa shape index (κ2) is 6.53. The van der Waals surface area contributed by atoms with E-state index < -0.39 is 0 Å². The highest BCUT2D eigenvalue weighted by Gasteiger charge is 2.05. The van der Waals surface area contributed by atoms with Crippen LogP contribution in [0.15, 0.2) is 60.7 Å². The van der Waals surface area contributed by atoms with Gasteiger partial charge < -0.3 is 10.6 Å². The van der Waals surface area contributed by atoms with E-state index in [4.69, 9.17) is 0 Å². The summed E-state index contributed by atoms with van der Waals surface area (Å²) in [6.45, 7) is 4.29.